The first-order valence-electron chi connectivity index (χ1n) is 9.91. The number of benzene rings is 2. The molecule has 0 aromatic heterocycles. The van der Waals surface area contributed by atoms with Crippen LogP contribution in [0, 0.1) is 10.1 Å². The molecule has 2 aromatic carbocycles. The van der Waals surface area contributed by atoms with Gasteiger partial charge in [0, 0.05) is 31.6 Å². The second-order valence-electron chi connectivity index (χ2n) is 6.94. The third-order valence-corrected chi connectivity index (χ3v) is 5.67. The van der Waals surface area contributed by atoms with E-state index in [9.17, 15) is 23.3 Å². The molecule has 1 N–H and O–H groups in total. The molecule has 2 rings (SSSR count). The Morgan fingerprint density at radius 1 is 1.19 bits per heavy atom. The molecule has 0 atom stereocenters. The third-order valence-electron chi connectivity index (χ3n) is 4.49. The summed E-state index contributed by atoms with van der Waals surface area (Å²) in [7, 11) is -2.42. The van der Waals surface area contributed by atoms with Gasteiger partial charge >= 0.3 is 0 Å². The summed E-state index contributed by atoms with van der Waals surface area (Å²) in [4.78, 5) is 22.5. The first-order valence-corrected chi connectivity index (χ1v) is 11.8. The highest BCUT2D eigenvalue weighted by Gasteiger charge is 2.23. The Morgan fingerprint density at radius 3 is 2.53 bits per heavy atom. The molecule has 10 nitrogen and oxygen atoms in total. The SMILES string of the molecule is COc1ccc([N+](=O)[O-])cc1N(CCCC(=O)NCCOCc1ccccc1)S(C)(=O)=O. The smallest absolute Gasteiger partial charge is 0.271 e. The van der Waals surface area contributed by atoms with Crippen molar-refractivity contribution >= 4 is 27.3 Å². The lowest BCUT2D eigenvalue weighted by atomic mass is 10.2. The van der Waals surface area contributed by atoms with Gasteiger partial charge in [-0.15, -0.1) is 0 Å². The van der Waals surface area contributed by atoms with Gasteiger partial charge in [0.1, 0.15) is 11.4 Å². The lowest BCUT2D eigenvalue weighted by Gasteiger charge is -2.24. The number of ether oxygens (including phenoxy) is 2. The number of anilines is 1. The molecule has 32 heavy (non-hydrogen) atoms. The number of methoxy groups -OCH3 is 1. The molecular weight excluding hydrogens is 438 g/mol. The van der Waals surface area contributed by atoms with E-state index in [0.717, 1.165) is 22.2 Å². The highest BCUT2D eigenvalue weighted by atomic mass is 32.2. The van der Waals surface area contributed by atoms with Crippen LogP contribution >= 0.6 is 0 Å². The van der Waals surface area contributed by atoms with Gasteiger partial charge in [0.25, 0.3) is 5.69 Å². The molecule has 174 valence electrons. The van der Waals surface area contributed by atoms with Crippen LogP contribution in [0.15, 0.2) is 48.5 Å². The topological polar surface area (TPSA) is 128 Å². The van der Waals surface area contributed by atoms with E-state index in [-0.39, 0.29) is 42.4 Å². The highest BCUT2D eigenvalue weighted by molar-refractivity contribution is 7.92. The van der Waals surface area contributed by atoms with E-state index in [2.05, 4.69) is 5.32 Å². The fourth-order valence-electron chi connectivity index (χ4n) is 2.95. The van der Waals surface area contributed by atoms with E-state index < -0.39 is 14.9 Å². The Balaban J connectivity index is 1.86. The van der Waals surface area contributed by atoms with Gasteiger partial charge in [-0.3, -0.25) is 19.2 Å². The van der Waals surface area contributed by atoms with Crippen molar-refractivity contribution in [2.45, 2.75) is 19.4 Å². The number of rotatable bonds is 13. The third kappa shape index (κ3) is 7.82. The molecule has 0 unspecified atom stereocenters. The van der Waals surface area contributed by atoms with Gasteiger partial charge in [-0.2, -0.15) is 0 Å². The van der Waals surface area contributed by atoms with Crippen molar-refractivity contribution in [3.05, 3.63) is 64.2 Å². The highest BCUT2D eigenvalue weighted by Crippen LogP contribution is 2.33. The summed E-state index contributed by atoms with van der Waals surface area (Å²) in [5.74, 6) is -0.0613. The number of hydrogen-bond acceptors (Lipinski definition) is 7. The summed E-state index contributed by atoms with van der Waals surface area (Å²) in [5.41, 5.74) is 0.831. The van der Waals surface area contributed by atoms with E-state index in [0.29, 0.717) is 19.8 Å². The number of amides is 1. The zero-order chi connectivity index (χ0) is 23.6. The van der Waals surface area contributed by atoms with Crippen molar-refractivity contribution < 1.29 is 27.6 Å². The van der Waals surface area contributed by atoms with Crippen LogP contribution in [0.5, 0.6) is 5.75 Å². The van der Waals surface area contributed by atoms with E-state index in [1.807, 2.05) is 30.3 Å². The van der Waals surface area contributed by atoms with Gasteiger partial charge in [-0.1, -0.05) is 30.3 Å². The number of sulfonamides is 1. The molecule has 0 heterocycles. The standard InChI is InChI=1S/C21H27N3O7S/c1-30-20-11-10-18(24(26)27)15-19(20)23(32(2,28)29)13-6-9-21(25)22-12-14-31-16-17-7-4-3-5-8-17/h3-5,7-8,10-11,15H,6,9,12-14,16H2,1-2H3,(H,22,25). The Morgan fingerprint density at radius 2 is 1.91 bits per heavy atom. The van der Waals surface area contributed by atoms with Crippen LogP contribution in [-0.4, -0.2) is 52.3 Å². The van der Waals surface area contributed by atoms with Crippen LogP contribution in [-0.2, 0) is 26.2 Å². The minimum atomic E-state index is -3.76. The minimum Gasteiger partial charge on any atom is -0.495 e. The van der Waals surface area contributed by atoms with Gasteiger partial charge in [0.05, 0.1) is 31.5 Å². The molecule has 0 spiro atoms. The average Bonchev–Trinajstić information content (AvgIpc) is 2.76. The zero-order valence-electron chi connectivity index (χ0n) is 18.0. The summed E-state index contributed by atoms with van der Waals surface area (Å²) < 4.78 is 36.3. The Hall–Kier alpha value is -3.18. The number of carbonyl (C=O) groups excluding carboxylic acids is 1. The van der Waals surface area contributed by atoms with Crippen molar-refractivity contribution in [2.24, 2.45) is 0 Å². The molecule has 0 saturated heterocycles. The van der Waals surface area contributed by atoms with Crippen LogP contribution in [0.2, 0.25) is 0 Å². The first kappa shape index (κ1) is 25.1. The van der Waals surface area contributed by atoms with Crippen molar-refractivity contribution in [1.29, 1.82) is 0 Å². The Kier molecular flexibility index (Phi) is 9.41. The molecule has 0 saturated carbocycles. The number of nitro benzene ring substituents is 1. The fourth-order valence-corrected chi connectivity index (χ4v) is 3.91. The van der Waals surface area contributed by atoms with E-state index in [4.69, 9.17) is 9.47 Å². The molecule has 0 bridgehead atoms. The zero-order valence-corrected chi connectivity index (χ0v) is 18.8. The van der Waals surface area contributed by atoms with Crippen LogP contribution < -0.4 is 14.4 Å². The maximum absolute atomic E-state index is 12.3. The maximum atomic E-state index is 12.3. The quantitative estimate of drug-likeness (QED) is 0.273. The average molecular weight is 466 g/mol. The summed E-state index contributed by atoms with van der Waals surface area (Å²) in [6.45, 7) is 1.10. The number of nitrogens with one attached hydrogen (secondary N) is 1. The van der Waals surface area contributed by atoms with E-state index >= 15 is 0 Å². The summed E-state index contributed by atoms with van der Waals surface area (Å²) >= 11 is 0. The normalized spacial score (nSPS) is 11.1. The molecule has 1 amide bonds. The van der Waals surface area contributed by atoms with E-state index in [1.54, 1.807) is 0 Å². The Labute approximate surface area is 187 Å². The fraction of sp³-hybridized carbons (Fsp3) is 0.381. The molecular formula is C21H27N3O7S. The van der Waals surface area contributed by atoms with Crippen LogP contribution in [0.1, 0.15) is 18.4 Å². The molecule has 0 aliphatic rings. The molecule has 11 heteroatoms. The predicted molar refractivity (Wildman–Crippen MR) is 120 cm³/mol. The largest absolute Gasteiger partial charge is 0.495 e. The van der Waals surface area contributed by atoms with Crippen molar-refractivity contribution in [2.75, 3.05) is 37.4 Å². The van der Waals surface area contributed by atoms with Crippen LogP contribution in [0.4, 0.5) is 11.4 Å². The molecule has 0 aliphatic carbocycles. The molecule has 0 radical (unpaired) electrons. The number of non-ortho nitro benzene ring substituents is 1. The number of carbonyl (C=O) groups is 1. The van der Waals surface area contributed by atoms with E-state index in [1.165, 1.54) is 19.2 Å². The van der Waals surface area contributed by atoms with Crippen molar-refractivity contribution in [3.63, 3.8) is 0 Å². The monoisotopic (exact) mass is 465 g/mol. The van der Waals surface area contributed by atoms with Crippen LogP contribution in [0.3, 0.4) is 0 Å². The molecule has 0 fully saturated rings. The van der Waals surface area contributed by atoms with Crippen molar-refractivity contribution in [1.82, 2.24) is 5.32 Å². The molecule has 0 aliphatic heterocycles. The second-order valence-corrected chi connectivity index (χ2v) is 8.85. The van der Waals surface area contributed by atoms with Gasteiger partial charge < -0.3 is 14.8 Å². The number of nitro groups is 1. The number of nitrogens with zero attached hydrogens (tertiary/aromatic N) is 2. The Bertz CT molecular complexity index is 1010. The second kappa shape index (κ2) is 12.0. The van der Waals surface area contributed by atoms with Gasteiger partial charge in [-0.05, 0) is 18.1 Å². The summed E-state index contributed by atoms with van der Waals surface area (Å²) in [6.07, 6.45) is 1.30. The minimum absolute atomic E-state index is 0.0334. The van der Waals surface area contributed by atoms with Crippen molar-refractivity contribution in [3.8, 4) is 5.75 Å². The lowest BCUT2D eigenvalue weighted by molar-refractivity contribution is -0.384. The molecule has 2 aromatic rings. The maximum Gasteiger partial charge on any atom is 0.271 e. The van der Waals surface area contributed by atoms with Gasteiger partial charge in [0.15, 0.2) is 0 Å². The summed E-state index contributed by atoms with van der Waals surface area (Å²) in [5, 5.41) is 13.8. The van der Waals surface area contributed by atoms with Gasteiger partial charge in [0.2, 0.25) is 15.9 Å². The lowest BCUT2D eigenvalue weighted by Crippen LogP contribution is -2.33. The predicted octanol–water partition coefficient (Wildman–Crippen LogP) is 2.48. The number of hydrogen-bond donors (Lipinski definition) is 1. The summed E-state index contributed by atoms with van der Waals surface area (Å²) in [6, 6.07) is 13.4. The first-order chi connectivity index (χ1) is 15.2. The van der Waals surface area contributed by atoms with Gasteiger partial charge in [-0.25, -0.2) is 8.42 Å². The van der Waals surface area contributed by atoms with Crippen LogP contribution in [0.25, 0.3) is 0 Å².